The topological polar surface area (TPSA) is 54.0 Å². The summed E-state index contributed by atoms with van der Waals surface area (Å²) in [5.41, 5.74) is 7.51. The Morgan fingerprint density at radius 2 is 1.58 bits per heavy atom. The van der Waals surface area contributed by atoms with Gasteiger partial charge in [0.15, 0.2) is 0 Å². The van der Waals surface area contributed by atoms with Crippen molar-refractivity contribution in [2.45, 2.75) is 51.9 Å². The number of nitrogens with one attached hydrogen (secondary N) is 2. The highest BCUT2D eigenvalue weighted by molar-refractivity contribution is 6.09. The van der Waals surface area contributed by atoms with E-state index in [-0.39, 0.29) is 5.91 Å². The Bertz CT molecular complexity index is 1070. The van der Waals surface area contributed by atoms with Gasteiger partial charge in [-0.15, -0.1) is 0 Å². The molecule has 2 aromatic carbocycles. The number of allylic oxidation sites excluding steroid dienone is 1. The van der Waals surface area contributed by atoms with Crippen LogP contribution in [0.5, 0.6) is 0 Å². The third-order valence-corrected chi connectivity index (χ3v) is 6.22. The van der Waals surface area contributed by atoms with Crippen molar-refractivity contribution in [1.29, 1.82) is 0 Å². The lowest BCUT2D eigenvalue weighted by Crippen LogP contribution is -2.17. The van der Waals surface area contributed by atoms with Crippen LogP contribution < -0.4 is 10.6 Å². The second-order valence-electron chi connectivity index (χ2n) is 8.77. The molecule has 4 rings (SSSR count). The van der Waals surface area contributed by atoms with E-state index in [1.54, 1.807) is 0 Å². The van der Waals surface area contributed by atoms with Crippen molar-refractivity contribution in [2.75, 3.05) is 17.2 Å². The predicted octanol–water partition coefficient (Wildman–Crippen LogP) is 6.79. The summed E-state index contributed by atoms with van der Waals surface area (Å²) in [6, 6.07) is 22.5. The summed E-state index contributed by atoms with van der Waals surface area (Å²) in [6.07, 6.45) is 9.12. The molecule has 0 aliphatic heterocycles. The van der Waals surface area contributed by atoms with E-state index in [9.17, 15) is 4.79 Å². The summed E-state index contributed by atoms with van der Waals surface area (Å²) in [5.74, 6) is 0.0309. The number of nitrogens with zero attached hydrogens (tertiary/aromatic N) is 1. The molecule has 33 heavy (non-hydrogen) atoms. The van der Waals surface area contributed by atoms with Crippen LogP contribution >= 0.6 is 0 Å². The number of carbonyl (C=O) groups excluding carboxylic acids is 1. The highest BCUT2D eigenvalue weighted by Gasteiger charge is 2.18. The number of hydrogen-bond acceptors (Lipinski definition) is 3. The van der Waals surface area contributed by atoms with E-state index in [2.05, 4.69) is 46.8 Å². The second kappa shape index (κ2) is 11.5. The molecule has 2 N–H and O–H groups in total. The van der Waals surface area contributed by atoms with Gasteiger partial charge in [-0.1, -0.05) is 48.7 Å². The van der Waals surface area contributed by atoms with E-state index < -0.39 is 0 Å². The minimum absolute atomic E-state index is 0.0309. The summed E-state index contributed by atoms with van der Waals surface area (Å²) in [7, 11) is 0. The largest absolute Gasteiger partial charge is 0.385 e. The third kappa shape index (κ3) is 6.55. The van der Waals surface area contributed by atoms with Crippen molar-refractivity contribution in [3.05, 3.63) is 95.3 Å². The zero-order valence-corrected chi connectivity index (χ0v) is 19.4. The van der Waals surface area contributed by atoms with Gasteiger partial charge in [0.25, 0.3) is 5.91 Å². The molecule has 4 nitrogen and oxygen atoms in total. The van der Waals surface area contributed by atoms with Crippen LogP contribution in [0.25, 0.3) is 5.57 Å². The van der Waals surface area contributed by atoms with Crippen LogP contribution in [0.3, 0.4) is 0 Å². The Labute approximate surface area is 197 Å². The van der Waals surface area contributed by atoms with Crippen LogP contribution in [-0.2, 0) is 11.2 Å². The Morgan fingerprint density at radius 3 is 2.30 bits per heavy atom. The number of hydrogen-bond donors (Lipinski definition) is 2. The van der Waals surface area contributed by atoms with Gasteiger partial charge in [0.05, 0.1) is 0 Å². The average Bonchev–Trinajstić information content (AvgIpc) is 2.82. The van der Waals surface area contributed by atoms with Crippen molar-refractivity contribution >= 4 is 22.9 Å². The molecule has 4 heteroatoms. The highest BCUT2D eigenvalue weighted by atomic mass is 16.1. The van der Waals surface area contributed by atoms with Crippen LogP contribution in [0.1, 0.15) is 55.3 Å². The standard InChI is InChI=1S/C29H33N3O/c1-22-11-13-23(14-12-22)27-9-4-2-3-5-10-28(27)29(33)32-26-17-15-25(16-18-26)31-21-19-24-8-6-7-20-30-24/h6-8,11-18,20,31H,2-5,9-10,19,21H2,1H3,(H,32,33). The summed E-state index contributed by atoms with van der Waals surface area (Å²) >= 11 is 0. The van der Waals surface area contributed by atoms with E-state index in [0.29, 0.717) is 0 Å². The maximum absolute atomic E-state index is 13.3. The molecule has 1 aliphatic rings. The van der Waals surface area contributed by atoms with Gasteiger partial charge in [-0.25, -0.2) is 0 Å². The molecule has 1 aliphatic carbocycles. The van der Waals surface area contributed by atoms with Crippen LogP contribution in [0.2, 0.25) is 0 Å². The van der Waals surface area contributed by atoms with Crippen molar-refractivity contribution in [3.8, 4) is 0 Å². The predicted molar refractivity (Wildman–Crippen MR) is 137 cm³/mol. The first kappa shape index (κ1) is 22.8. The number of anilines is 2. The molecule has 0 atom stereocenters. The molecule has 1 heterocycles. The monoisotopic (exact) mass is 439 g/mol. The quantitative estimate of drug-likeness (QED) is 0.426. The first-order valence-corrected chi connectivity index (χ1v) is 12.0. The summed E-state index contributed by atoms with van der Waals surface area (Å²) < 4.78 is 0. The fourth-order valence-electron chi connectivity index (χ4n) is 4.34. The summed E-state index contributed by atoms with van der Waals surface area (Å²) in [4.78, 5) is 17.7. The smallest absolute Gasteiger partial charge is 0.251 e. The molecular formula is C29H33N3O. The van der Waals surface area contributed by atoms with Crippen molar-refractivity contribution in [3.63, 3.8) is 0 Å². The van der Waals surface area contributed by atoms with Crippen LogP contribution in [0.15, 0.2) is 78.5 Å². The molecular weight excluding hydrogens is 406 g/mol. The lowest BCUT2D eigenvalue weighted by Gasteiger charge is -2.19. The maximum atomic E-state index is 13.3. The van der Waals surface area contributed by atoms with Gasteiger partial charge in [-0.05, 0) is 80.1 Å². The van der Waals surface area contributed by atoms with E-state index >= 15 is 0 Å². The number of benzene rings is 2. The Kier molecular flexibility index (Phi) is 7.91. The van der Waals surface area contributed by atoms with Crippen LogP contribution in [-0.4, -0.2) is 17.4 Å². The molecule has 0 fully saturated rings. The van der Waals surface area contributed by atoms with Crippen LogP contribution in [0.4, 0.5) is 11.4 Å². The van der Waals surface area contributed by atoms with Crippen molar-refractivity contribution in [1.82, 2.24) is 4.98 Å². The Hall–Kier alpha value is -3.40. The molecule has 1 amide bonds. The van der Waals surface area contributed by atoms with Gasteiger partial charge < -0.3 is 10.6 Å². The SMILES string of the molecule is Cc1ccc(C2=C(C(=O)Nc3ccc(NCCc4ccccn4)cc3)CCCCCC2)cc1. The van der Waals surface area contributed by atoms with Gasteiger partial charge >= 0.3 is 0 Å². The molecule has 1 aromatic heterocycles. The molecule has 0 spiro atoms. The minimum Gasteiger partial charge on any atom is -0.385 e. The average molecular weight is 440 g/mol. The zero-order chi connectivity index (χ0) is 22.9. The van der Waals surface area contributed by atoms with Crippen molar-refractivity contribution in [2.24, 2.45) is 0 Å². The van der Waals surface area contributed by atoms with Gasteiger partial charge in [0.2, 0.25) is 0 Å². The third-order valence-electron chi connectivity index (χ3n) is 6.22. The first-order valence-electron chi connectivity index (χ1n) is 12.0. The van der Waals surface area contributed by atoms with Gasteiger partial charge in [0.1, 0.15) is 0 Å². The number of rotatable bonds is 7. The molecule has 0 radical (unpaired) electrons. The summed E-state index contributed by atoms with van der Waals surface area (Å²) in [5, 5.41) is 6.57. The number of aryl methyl sites for hydroxylation is 1. The van der Waals surface area contributed by atoms with Gasteiger partial charge in [-0.3, -0.25) is 9.78 Å². The van der Waals surface area contributed by atoms with Crippen LogP contribution in [0, 0.1) is 6.92 Å². The normalized spacial score (nSPS) is 14.3. The van der Waals surface area contributed by atoms with E-state index in [1.807, 2.05) is 48.7 Å². The lowest BCUT2D eigenvalue weighted by molar-refractivity contribution is -0.113. The highest BCUT2D eigenvalue weighted by Crippen LogP contribution is 2.31. The number of amides is 1. The fourth-order valence-corrected chi connectivity index (χ4v) is 4.34. The molecule has 0 unspecified atom stereocenters. The van der Waals surface area contributed by atoms with E-state index in [0.717, 1.165) is 61.3 Å². The number of pyridine rings is 1. The Morgan fingerprint density at radius 1 is 0.848 bits per heavy atom. The Balaban J connectivity index is 1.42. The van der Waals surface area contributed by atoms with E-state index in [1.165, 1.54) is 29.5 Å². The fraction of sp³-hybridized carbons (Fsp3) is 0.310. The lowest BCUT2D eigenvalue weighted by atomic mass is 9.88. The zero-order valence-electron chi connectivity index (χ0n) is 19.4. The van der Waals surface area contributed by atoms with E-state index in [4.69, 9.17) is 0 Å². The van der Waals surface area contributed by atoms with Gasteiger partial charge in [-0.2, -0.15) is 0 Å². The first-order chi connectivity index (χ1) is 16.2. The minimum atomic E-state index is 0.0309. The van der Waals surface area contributed by atoms with Gasteiger partial charge in [0, 0.05) is 41.8 Å². The number of aromatic nitrogens is 1. The number of carbonyl (C=O) groups is 1. The maximum Gasteiger partial charge on any atom is 0.251 e. The second-order valence-corrected chi connectivity index (χ2v) is 8.77. The molecule has 3 aromatic rings. The molecule has 0 bridgehead atoms. The van der Waals surface area contributed by atoms with Crippen molar-refractivity contribution < 1.29 is 4.79 Å². The molecule has 0 saturated carbocycles. The molecule has 0 saturated heterocycles. The summed E-state index contributed by atoms with van der Waals surface area (Å²) in [6.45, 7) is 2.91. The molecule has 170 valence electrons.